The first kappa shape index (κ1) is 10.9. The summed E-state index contributed by atoms with van der Waals surface area (Å²) in [5.41, 5.74) is 7.72. The molecule has 1 aliphatic rings. The van der Waals surface area contributed by atoms with Gasteiger partial charge in [0.1, 0.15) is 10.8 Å². The van der Waals surface area contributed by atoms with E-state index in [9.17, 15) is 4.39 Å². The molecule has 0 saturated heterocycles. The smallest absolute Gasteiger partial charge is 0.123 e. The second-order valence-corrected chi connectivity index (χ2v) is 5.39. The topological polar surface area (TPSA) is 38.9 Å². The Morgan fingerprint density at radius 3 is 3.12 bits per heavy atom. The molecule has 2 N–H and O–H groups in total. The lowest BCUT2D eigenvalue weighted by atomic mass is 10.1. The number of halogens is 1. The van der Waals surface area contributed by atoms with Gasteiger partial charge in [-0.1, -0.05) is 12.1 Å². The zero-order valence-electron chi connectivity index (χ0n) is 9.32. The lowest BCUT2D eigenvalue weighted by Crippen LogP contribution is -2.09. The third-order valence-electron chi connectivity index (χ3n) is 3.19. The summed E-state index contributed by atoms with van der Waals surface area (Å²) in [5.74, 6) is 0.178. The van der Waals surface area contributed by atoms with Crippen LogP contribution >= 0.6 is 11.3 Å². The van der Waals surface area contributed by atoms with Crippen LogP contribution in [0.2, 0.25) is 0 Å². The van der Waals surface area contributed by atoms with Crippen LogP contribution in [0.3, 0.4) is 0 Å². The average molecular weight is 248 g/mol. The van der Waals surface area contributed by atoms with Crippen LogP contribution in [0.25, 0.3) is 10.6 Å². The molecule has 2 nitrogen and oxygen atoms in total. The highest BCUT2D eigenvalue weighted by molar-refractivity contribution is 7.15. The molecule has 88 valence electrons. The Morgan fingerprint density at radius 2 is 2.35 bits per heavy atom. The molecule has 2 aromatic rings. The van der Waals surface area contributed by atoms with E-state index in [0.29, 0.717) is 12.5 Å². The van der Waals surface area contributed by atoms with Crippen molar-refractivity contribution in [2.75, 3.05) is 6.54 Å². The van der Waals surface area contributed by atoms with Gasteiger partial charge in [-0.05, 0) is 25.0 Å². The largest absolute Gasteiger partial charge is 0.330 e. The fraction of sp³-hybridized carbons (Fsp3) is 0.308. The highest BCUT2D eigenvalue weighted by atomic mass is 32.1. The Kier molecular flexibility index (Phi) is 2.68. The number of nitrogens with two attached hydrogens (primary N) is 1. The lowest BCUT2D eigenvalue weighted by Gasteiger charge is -2.03. The van der Waals surface area contributed by atoms with E-state index in [1.54, 1.807) is 17.4 Å². The van der Waals surface area contributed by atoms with Crippen molar-refractivity contribution in [1.82, 2.24) is 4.98 Å². The van der Waals surface area contributed by atoms with E-state index in [2.05, 4.69) is 4.98 Å². The van der Waals surface area contributed by atoms with Gasteiger partial charge in [-0.3, -0.25) is 0 Å². The average Bonchev–Trinajstić information content (AvgIpc) is 2.87. The molecule has 0 spiro atoms. The van der Waals surface area contributed by atoms with Crippen molar-refractivity contribution in [3.05, 3.63) is 40.7 Å². The van der Waals surface area contributed by atoms with Crippen molar-refractivity contribution in [2.24, 2.45) is 5.73 Å². The molecule has 3 rings (SSSR count). The van der Waals surface area contributed by atoms with Crippen LogP contribution in [-0.2, 0) is 6.42 Å². The van der Waals surface area contributed by atoms with Crippen molar-refractivity contribution in [2.45, 2.75) is 18.8 Å². The van der Waals surface area contributed by atoms with Crippen molar-refractivity contribution in [1.29, 1.82) is 0 Å². The third kappa shape index (κ3) is 1.87. The summed E-state index contributed by atoms with van der Waals surface area (Å²) in [6, 6.07) is 6.60. The molecule has 1 aromatic carbocycles. The zero-order valence-corrected chi connectivity index (χ0v) is 10.1. The molecule has 1 aromatic heterocycles. The monoisotopic (exact) mass is 248 g/mol. The maximum absolute atomic E-state index is 13.2. The minimum Gasteiger partial charge on any atom is -0.330 e. The summed E-state index contributed by atoms with van der Waals surface area (Å²) >= 11 is 1.67. The van der Waals surface area contributed by atoms with Crippen LogP contribution in [0.5, 0.6) is 0 Å². The summed E-state index contributed by atoms with van der Waals surface area (Å²) in [5, 5.41) is 0.910. The van der Waals surface area contributed by atoms with Crippen molar-refractivity contribution >= 4 is 11.3 Å². The van der Waals surface area contributed by atoms with E-state index in [0.717, 1.165) is 29.1 Å². The number of aromatic nitrogens is 1. The van der Waals surface area contributed by atoms with E-state index in [1.807, 2.05) is 6.07 Å². The summed E-state index contributed by atoms with van der Waals surface area (Å²) in [6.45, 7) is 0.652. The van der Waals surface area contributed by atoms with Crippen LogP contribution in [0, 0.1) is 5.82 Å². The molecule has 17 heavy (non-hydrogen) atoms. The number of hydrogen-bond donors (Lipinski definition) is 1. The molecule has 1 unspecified atom stereocenters. The Hall–Kier alpha value is -1.26. The number of aryl methyl sites for hydroxylation is 1. The molecular formula is C13H13FN2S. The van der Waals surface area contributed by atoms with Crippen LogP contribution in [0.1, 0.15) is 22.9 Å². The molecule has 1 heterocycles. The van der Waals surface area contributed by atoms with Gasteiger partial charge in [-0.25, -0.2) is 9.37 Å². The van der Waals surface area contributed by atoms with Crippen LogP contribution < -0.4 is 5.73 Å². The predicted molar refractivity (Wildman–Crippen MR) is 67.6 cm³/mol. The van der Waals surface area contributed by atoms with Crippen LogP contribution in [0.15, 0.2) is 24.3 Å². The van der Waals surface area contributed by atoms with Gasteiger partial charge < -0.3 is 5.73 Å². The van der Waals surface area contributed by atoms with Gasteiger partial charge in [0.25, 0.3) is 0 Å². The van der Waals surface area contributed by atoms with Gasteiger partial charge in [0.15, 0.2) is 0 Å². The summed E-state index contributed by atoms with van der Waals surface area (Å²) in [7, 11) is 0. The van der Waals surface area contributed by atoms with Crippen LogP contribution in [-0.4, -0.2) is 11.5 Å². The fourth-order valence-electron chi connectivity index (χ4n) is 2.28. The lowest BCUT2D eigenvalue weighted by molar-refractivity contribution is 0.628. The van der Waals surface area contributed by atoms with Gasteiger partial charge in [0, 0.05) is 22.9 Å². The zero-order chi connectivity index (χ0) is 11.8. The second-order valence-electron chi connectivity index (χ2n) is 4.31. The first-order chi connectivity index (χ1) is 8.28. The standard InChI is InChI=1S/C13H13FN2S/c14-10-3-1-2-8(6-10)13-16-12-9(7-15)4-5-11(12)17-13/h1-3,6,9H,4-5,7,15H2. The van der Waals surface area contributed by atoms with Gasteiger partial charge in [0.2, 0.25) is 0 Å². The van der Waals surface area contributed by atoms with Gasteiger partial charge in [-0.2, -0.15) is 0 Å². The third-order valence-corrected chi connectivity index (χ3v) is 4.37. The number of fused-ring (bicyclic) bond motifs is 1. The van der Waals surface area contributed by atoms with Gasteiger partial charge >= 0.3 is 0 Å². The van der Waals surface area contributed by atoms with E-state index in [-0.39, 0.29) is 5.82 Å². The number of thiazole rings is 1. The van der Waals surface area contributed by atoms with Gasteiger partial charge in [0.05, 0.1) is 5.69 Å². The van der Waals surface area contributed by atoms with E-state index < -0.39 is 0 Å². The molecule has 0 bridgehead atoms. The Labute approximate surface area is 103 Å². The van der Waals surface area contributed by atoms with Crippen molar-refractivity contribution in [3.63, 3.8) is 0 Å². The molecule has 4 heteroatoms. The first-order valence-corrected chi connectivity index (χ1v) is 6.55. The van der Waals surface area contributed by atoms with Gasteiger partial charge in [-0.15, -0.1) is 11.3 Å². The summed E-state index contributed by atoms with van der Waals surface area (Å²) in [4.78, 5) is 5.95. The highest BCUT2D eigenvalue weighted by Crippen LogP contribution is 2.39. The van der Waals surface area contributed by atoms with E-state index in [1.165, 1.54) is 17.0 Å². The molecule has 0 radical (unpaired) electrons. The van der Waals surface area contributed by atoms with E-state index >= 15 is 0 Å². The maximum Gasteiger partial charge on any atom is 0.123 e. The highest BCUT2D eigenvalue weighted by Gasteiger charge is 2.26. The van der Waals surface area contributed by atoms with E-state index in [4.69, 9.17) is 5.73 Å². The Morgan fingerprint density at radius 1 is 1.47 bits per heavy atom. The first-order valence-electron chi connectivity index (χ1n) is 5.73. The number of rotatable bonds is 2. The normalized spacial score (nSPS) is 18.4. The summed E-state index contributed by atoms with van der Waals surface area (Å²) in [6.07, 6.45) is 2.16. The SMILES string of the molecule is NCC1CCc2sc(-c3cccc(F)c3)nc21. The molecule has 1 aliphatic carbocycles. The van der Waals surface area contributed by atoms with Crippen molar-refractivity contribution < 1.29 is 4.39 Å². The van der Waals surface area contributed by atoms with Crippen LogP contribution in [0.4, 0.5) is 4.39 Å². The number of hydrogen-bond acceptors (Lipinski definition) is 3. The minimum atomic E-state index is -0.215. The quantitative estimate of drug-likeness (QED) is 0.887. The molecule has 0 saturated carbocycles. The number of nitrogens with zero attached hydrogens (tertiary/aromatic N) is 1. The Bertz CT molecular complexity index is 550. The molecule has 0 fully saturated rings. The predicted octanol–water partition coefficient (Wildman–Crippen LogP) is 2.94. The number of benzene rings is 1. The molecule has 1 atom stereocenters. The molecule has 0 amide bonds. The maximum atomic E-state index is 13.2. The fourth-order valence-corrected chi connectivity index (χ4v) is 3.44. The second kappa shape index (κ2) is 4.20. The molecular weight excluding hydrogens is 235 g/mol. The minimum absolute atomic E-state index is 0.215. The summed E-state index contributed by atoms with van der Waals surface area (Å²) < 4.78 is 13.2. The van der Waals surface area contributed by atoms with Crippen molar-refractivity contribution in [3.8, 4) is 10.6 Å². The Balaban J connectivity index is 2.01. The molecule has 0 aliphatic heterocycles.